The van der Waals surface area contributed by atoms with Gasteiger partial charge in [-0.2, -0.15) is 0 Å². The normalized spacial score (nSPS) is 10.7. The van der Waals surface area contributed by atoms with Gasteiger partial charge in [0.25, 0.3) is 0 Å². The first-order valence-electron chi connectivity index (χ1n) is 8.84. The standard InChI is InChI=1S/C21H19N3O4S2/c1-27-17-10-8-14(12-18(17)28-2)9-11-19(26)22-20-23-24-21(30-20)29-13-16(25)15-6-4-3-5-7-15/h3-12H,13H2,1-2H3,(H,22,23,26). The number of amides is 1. The molecular weight excluding hydrogens is 422 g/mol. The third-order valence-electron chi connectivity index (χ3n) is 3.89. The van der Waals surface area contributed by atoms with Crippen LogP contribution in [0, 0.1) is 0 Å². The molecule has 1 heterocycles. The molecule has 1 aromatic heterocycles. The van der Waals surface area contributed by atoms with E-state index in [1.54, 1.807) is 44.6 Å². The van der Waals surface area contributed by atoms with Crippen molar-refractivity contribution in [3.8, 4) is 11.5 Å². The van der Waals surface area contributed by atoms with Crippen LogP contribution in [0.1, 0.15) is 15.9 Å². The number of carbonyl (C=O) groups excluding carboxylic acids is 2. The maximum absolute atomic E-state index is 12.1. The van der Waals surface area contributed by atoms with Gasteiger partial charge in [-0.3, -0.25) is 14.9 Å². The Kier molecular flexibility index (Phi) is 7.58. The van der Waals surface area contributed by atoms with Crippen LogP contribution in [0.5, 0.6) is 11.5 Å². The van der Waals surface area contributed by atoms with Gasteiger partial charge in [-0.15, -0.1) is 10.2 Å². The number of hydrogen-bond donors (Lipinski definition) is 1. The number of nitrogens with one attached hydrogen (secondary N) is 1. The van der Waals surface area contributed by atoms with Crippen molar-refractivity contribution in [1.82, 2.24) is 10.2 Å². The highest BCUT2D eigenvalue weighted by molar-refractivity contribution is 8.01. The summed E-state index contributed by atoms with van der Waals surface area (Å²) in [5.74, 6) is 1.13. The Labute approximate surface area is 182 Å². The van der Waals surface area contributed by atoms with Crippen LogP contribution in [-0.2, 0) is 4.79 Å². The summed E-state index contributed by atoms with van der Waals surface area (Å²) in [6.45, 7) is 0. The highest BCUT2D eigenvalue weighted by Gasteiger charge is 2.11. The largest absolute Gasteiger partial charge is 0.493 e. The minimum Gasteiger partial charge on any atom is -0.493 e. The fourth-order valence-electron chi connectivity index (χ4n) is 2.43. The fourth-order valence-corrected chi connectivity index (χ4v) is 4.08. The van der Waals surface area contributed by atoms with E-state index in [9.17, 15) is 9.59 Å². The molecule has 0 spiro atoms. The Morgan fingerprint density at radius 2 is 1.83 bits per heavy atom. The molecule has 0 unspecified atom stereocenters. The first kappa shape index (κ1) is 21.5. The van der Waals surface area contributed by atoms with E-state index in [-0.39, 0.29) is 17.4 Å². The molecule has 0 aliphatic heterocycles. The lowest BCUT2D eigenvalue weighted by Gasteiger charge is -2.07. The second-order valence-electron chi connectivity index (χ2n) is 5.89. The zero-order valence-corrected chi connectivity index (χ0v) is 18.0. The third kappa shape index (κ3) is 5.91. The van der Waals surface area contributed by atoms with Crippen molar-refractivity contribution in [3.63, 3.8) is 0 Å². The van der Waals surface area contributed by atoms with Crippen molar-refractivity contribution in [3.05, 3.63) is 65.7 Å². The quantitative estimate of drug-likeness (QED) is 0.230. The summed E-state index contributed by atoms with van der Waals surface area (Å²) >= 11 is 2.51. The summed E-state index contributed by atoms with van der Waals surface area (Å²) < 4.78 is 11.0. The predicted molar refractivity (Wildman–Crippen MR) is 119 cm³/mol. The van der Waals surface area contributed by atoms with E-state index < -0.39 is 0 Å². The summed E-state index contributed by atoms with van der Waals surface area (Å²) in [7, 11) is 3.11. The molecule has 1 N–H and O–H groups in total. The van der Waals surface area contributed by atoms with Crippen molar-refractivity contribution < 1.29 is 19.1 Å². The Balaban J connectivity index is 1.53. The average molecular weight is 442 g/mol. The molecule has 2 aromatic carbocycles. The zero-order valence-electron chi connectivity index (χ0n) is 16.3. The molecule has 0 aliphatic rings. The molecule has 3 rings (SSSR count). The van der Waals surface area contributed by atoms with Gasteiger partial charge in [0, 0.05) is 11.6 Å². The number of thioether (sulfide) groups is 1. The summed E-state index contributed by atoms with van der Waals surface area (Å²) in [5, 5.41) is 11.0. The van der Waals surface area contributed by atoms with E-state index in [1.165, 1.54) is 29.2 Å². The number of ketones is 1. The number of ether oxygens (including phenoxy) is 2. The highest BCUT2D eigenvalue weighted by atomic mass is 32.2. The van der Waals surface area contributed by atoms with Crippen LogP contribution in [0.15, 0.2) is 58.9 Å². The van der Waals surface area contributed by atoms with Crippen LogP contribution < -0.4 is 14.8 Å². The molecule has 0 saturated carbocycles. The number of nitrogens with zero attached hydrogens (tertiary/aromatic N) is 2. The van der Waals surface area contributed by atoms with Gasteiger partial charge >= 0.3 is 0 Å². The van der Waals surface area contributed by atoms with Gasteiger partial charge in [0.05, 0.1) is 20.0 Å². The molecule has 0 aliphatic carbocycles. The first-order chi connectivity index (χ1) is 14.6. The van der Waals surface area contributed by atoms with Gasteiger partial charge in [0.1, 0.15) is 0 Å². The number of Topliss-reactive ketones (excluding diaryl/α,β-unsaturated/α-hetero) is 1. The number of anilines is 1. The number of benzene rings is 2. The lowest BCUT2D eigenvalue weighted by molar-refractivity contribution is -0.111. The van der Waals surface area contributed by atoms with Crippen molar-refractivity contribution in [2.45, 2.75) is 4.34 Å². The van der Waals surface area contributed by atoms with Crippen molar-refractivity contribution in [2.24, 2.45) is 0 Å². The maximum atomic E-state index is 12.1. The molecule has 0 fully saturated rings. The lowest BCUT2D eigenvalue weighted by atomic mass is 10.2. The number of methoxy groups -OCH3 is 2. The summed E-state index contributed by atoms with van der Waals surface area (Å²) in [6, 6.07) is 14.4. The molecule has 0 atom stereocenters. The second-order valence-corrected chi connectivity index (χ2v) is 8.09. The molecule has 9 heteroatoms. The smallest absolute Gasteiger partial charge is 0.250 e. The van der Waals surface area contributed by atoms with Crippen LogP contribution in [-0.4, -0.2) is 41.9 Å². The minimum absolute atomic E-state index is 0.0132. The predicted octanol–water partition coefficient (Wildman–Crippen LogP) is 4.18. The minimum atomic E-state index is -0.335. The van der Waals surface area contributed by atoms with Crippen LogP contribution in [0.2, 0.25) is 0 Å². The SMILES string of the molecule is COc1ccc(C=CC(=O)Nc2nnc(SCC(=O)c3ccccc3)s2)cc1OC. The van der Waals surface area contributed by atoms with E-state index in [2.05, 4.69) is 15.5 Å². The van der Waals surface area contributed by atoms with Crippen molar-refractivity contribution >= 4 is 46.0 Å². The van der Waals surface area contributed by atoms with E-state index in [0.717, 1.165) is 5.56 Å². The van der Waals surface area contributed by atoms with Crippen LogP contribution in [0.3, 0.4) is 0 Å². The van der Waals surface area contributed by atoms with Crippen LogP contribution in [0.4, 0.5) is 5.13 Å². The number of rotatable bonds is 9. The van der Waals surface area contributed by atoms with Crippen molar-refractivity contribution in [2.75, 3.05) is 25.3 Å². The van der Waals surface area contributed by atoms with Gasteiger partial charge in [0.15, 0.2) is 21.6 Å². The summed E-state index contributed by atoms with van der Waals surface area (Å²) in [6.07, 6.45) is 3.06. The van der Waals surface area contributed by atoms with E-state index in [0.29, 0.717) is 26.5 Å². The summed E-state index contributed by atoms with van der Waals surface area (Å²) in [4.78, 5) is 24.3. The topological polar surface area (TPSA) is 90.4 Å². The van der Waals surface area contributed by atoms with Gasteiger partial charge in [0.2, 0.25) is 11.0 Å². The van der Waals surface area contributed by atoms with Crippen LogP contribution >= 0.6 is 23.1 Å². The number of carbonyl (C=O) groups is 2. The molecule has 3 aromatic rings. The highest BCUT2D eigenvalue weighted by Crippen LogP contribution is 2.28. The number of aromatic nitrogens is 2. The fraction of sp³-hybridized carbons (Fsp3) is 0.143. The van der Waals surface area contributed by atoms with Crippen molar-refractivity contribution in [1.29, 1.82) is 0 Å². The molecule has 1 amide bonds. The van der Waals surface area contributed by atoms with Crippen LogP contribution in [0.25, 0.3) is 6.08 Å². The molecule has 0 bridgehead atoms. The van der Waals surface area contributed by atoms with E-state index in [4.69, 9.17) is 9.47 Å². The molecule has 30 heavy (non-hydrogen) atoms. The van der Waals surface area contributed by atoms with E-state index in [1.807, 2.05) is 24.3 Å². The third-order valence-corrected chi connectivity index (χ3v) is 5.87. The number of hydrogen-bond acceptors (Lipinski definition) is 8. The monoisotopic (exact) mass is 441 g/mol. The molecule has 0 radical (unpaired) electrons. The Hall–Kier alpha value is -3.17. The molecular formula is C21H19N3O4S2. The Morgan fingerprint density at radius 3 is 2.57 bits per heavy atom. The molecule has 154 valence electrons. The maximum Gasteiger partial charge on any atom is 0.250 e. The Bertz CT molecular complexity index is 1050. The lowest BCUT2D eigenvalue weighted by Crippen LogP contribution is -2.07. The van der Waals surface area contributed by atoms with Gasteiger partial charge < -0.3 is 9.47 Å². The molecule has 0 saturated heterocycles. The second kappa shape index (κ2) is 10.6. The summed E-state index contributed by atoms with van der Waals surface area (Å²) in [5.41, 5.74) is 1.44. The first-order valence-corrected chi connectivity index (χ1v) is 10.6. The van der Waals surface area contributed by atoms with E-state index >= 15 is 0 Å². The van der Waals surface area contributed by atoms with Gasteiger partial charge in [-0.25, -0.2) is 0 Å². The van der Waals surface area contributed by atoms with Gasteiger partial charge in [-0.1, -0.05) is 59.5 Å². The van der Waals surface area contributed by atoms with Gasteiger partial charge in [-0.05, 0) is 23.8 Å². The average Bonchev–Trinajstić information content (AvgIpc) is 3.23. The molecule has 7 nitrogen and oxygen atoms in total. The Morgan fingerprint density at radius 1 is 1.07 bits per heavy atom. The zero-order chi connectivity index (χ0) is 21.3.